The number of rotatable bonds is 4. The third-order valence-electron chi connectivity index (χ3n) is 3.98. The van der Waals surface area contributed by atoms with E-state index in [0.29, 0.717) is 31.8 Å². The zero-order valence-electron chi connectivity index (χ0n) is 13.6. The largest absolute Gasteiger partial charge is 0.341 e. The highest BCUT2D eigenvalue weighted by molar-refractivity contribution is 5.79. The highest BCUT2D eigenvalue weighted by Crippen LogP contribution is 2.10. The van der Waals surface area contributed by atoms with Crippen molar-refractivity contribution >= 4 is 11.8 Å². The lowest BCUT2D eigenvalue weighted by Gasteiger charge is -2.23. The predicted octanol–water partition coefficient (Wildman–Crippen LogP) is 2.34. The minimum absolute atomic E-state index is 0.157. The summed E-state index contributed by atoms with van der Waals surface area (Å²) in [5.74, 6) is 0.753. The van der Waals surface area contributed by atoms with Gasteiger partial charge in [-0.15, -0.1) is 0 Å². The van der Waals surface area contributed by atoms with Gasteiger partial charge in [-0.25, -0.2) is 0 Å². The van der Waals surface area contributed by atoms with Crippen LogP contribution in [0.1, 0.15) is 32.3 Å². The van der Waals surface area contributed by atoms with E-state index < -0.39 is 0 Å². The molecule has 0 aliphatic carbocycles. The van der Waals surface area contributed by atoms with Crippen molar-refractivity contribution in [1.29, 1.82) is 0 Å². The summed E-state index contributed by atoms with van der Waals surface area (Å²) in [6.07, 6.45) is 1.91. The average Bonchev–Trinajstić information content (AvgIpc) is 2.73. The fraction of sp³-hybridized carbons (Fsp3) is 0.556. The van der Waals surface area contributed by atoms with Crippen molar-refractivity contribution in [3.63, 3.8) is 0 Å². The van der Waals surface area contributed by atoms with Gasteiger partial charge in [0, 0.05) is 32.6 Å². The maximum atomic E-state index is 12.4. The number of nitrogens with zero attached hydrogens (tertiary/aromatic N) is 2. The van der Waals surface area contributed by atoms with Gasteiger partial charge in [0.15, 0.2) is 0 Å². The second-order valence-electron chi connectivity index (χ2n) is 6.38. The van der Waals surface area contributed by atoms with E-state index >= 15 is 0 Å². The first-order valence-corrected chi connectivity index (χ1v) is 8.15. The fourth-order valence-electron chi connectivity index (χ4n) is 2.78. The van der Waals surface area contributed by atoms with Gasteiger partial charge in [-0.2, -0.15) is 0 Å². The Morgan fingerprint density at radius 1 is 0.955 bits per heavy atom. The Labute approximate surface area is 133 Å². The molecule has 1 aliphatic heterocycles. The van der Waals surface area contributed by atoms with Crippen LogP contribution in [0.5, 0.6) is 0 Å². The third-order valence-corrected chi connectivity index (χ3v) is 3.98. The third kappa shape index (κ3) is 4.86. The second-order valence-corrected chi connectivity index (χ2v) is 6.38. The van der Waals surface area contributed by atoms with Gasteiger partial charge in [0.1, 0.15) is 0 Å². The molecule has 1 aromatic carbocycles. The maximum absolute atomic E-state index is 12.4. The smallest absolute Gasteiger partial charge is 0.227 e. The molecule has 1 saturated heterocycles. The molecule has 1 aromatic rings. The SMILES string of the molecule is CC(C)CC(=O)N1CCCN(C(=O)Cc2ccccc2)CC1. The van der Waals surface area contributed by atoms with E-state index in [9.17, 15) is 9.59 Å². The molecule has 0 unspecified atom stereocenters. The van der Waals surface area contributed by atoms with Crippen LogP contribution < -0.4 is 0 Å². The Morgan fingerprint density at radius 3 is 2.14 bits per heavy atom. The maximum Gasteiger partial charge on any atom is 0.227 e. The van der Waals surface area contributed by atoms with E-state index in [1.54, 1.807) is 0 Å². The van der Waals surface area contributed by atoms with Crippen molar-refractivity contribution in [1.82, 2.24) is 9.80 Å². The second kappa shape index (κ2) is 7.97. The van der Waals surface area contributed by atoms with Crippen LogP contribution in [0.25, 0.3) is 0 Å². The summed E-state index contributed by atoms with van der Waals surface area (Å²) >= 11 is 0. The van der Waals surface area contributed by atoms with Crippen LogP contribution in [-0.2, 0) is 16.0 Å². The summed E-state index contributed by atoms with van der Waals surface area (Å²) in [5, 5.41) is 0. The van der Waals surface area contributed by atoms with Gasteiger partial charge in [-0.05, 0) is 17.9 Å². The minimum Gasteiger partial charge on any atom is -0.341 e. The van der Waals surface area contributed by atoms with E-state index in [0.717, 1.165) is 25.1 Å². The molecule has 0 N–H and O–H groups in total. The summed E-state index contributed by atoms with van der Waals surface area (Å²) in [6, 6.07) is 9.83. The summed E-state index contributed by atoms with van der Waals surface area (Å²) in [6.45, 7) is 6.94. The predicted molar refractivity (Wildman–Crippen MR) is 87.4 cm³/mol. The highest BCUT2D eigenvalue weighted by Gasteiger charge is 2.22. The van der Waals surface area contributed by atoms with Crippen LogP contribution in [0.3, 0.4) is 0 Å². The Kier molecular flexibility index (Phi) is 5.99. The normalized spacial score (nSPS) is 15.8. The molecule has 120 valence electrons. The van der Waals surface area contributed by atoms with Crippen LogP contribution in [0.2, 0.25) is 0 Å². The quantitative estimate of drug-likeness (QED) is 0.856. The first-order chi connectivity index (χ1) is 10.6. The van der Waals surface area contributed by atoms with Gasteiger partial charge in [0.25, 0.3) is 0 Å². The van der Waals surface area contributed by atoms with Crippen molar-refractivity contribution < 1.29 is 9.59 Å². The van der Waals surface area contributed by atoms with Crippen molar-refractivity contribution in [2.24, 2.45) is 5.92 Å². The monoisotopic (exact) mass is 302 g/mol. The lowest BCUT2D eigenvalue weighted by molar-refractivity contribution is -0.133. The summed E-state index contributed by atoms with van der Waals surface area (Å²) in [7, 11) is 0. The van der Waals surface area contributed by atoms with E-state index in [1.807, 2.05) is 40.1 Å². The standard InChI is InChI=1S/C18H26N2O2/c1-15(2)13-17(21)19-9-6-10-20(12-11-19)18(22)14-16-7-4-3-5-8-16/h3-5,7-8,15H,6,9-14H2,1-2H3. The van der Waals surface area contributed by atoms with Gasteiger partial charge in [-0.1, -0.05) is 44.2 Å². The molecule has 0 saturated carbocycles. The number of carbonyl (C=O) groups excluding carboxylic acids is 2. The van der Waals surface area contributed by atoms with Crippen molar-refractivity contribution in [3.8, 4) is 0 Å². The number of benzene rings is 1. The summed E-state index contributed by atoms with van der Waals surface area (Å²) in [4.78, 5) is 28.4. The Hall–Kier alpha value is -1.84. The van der Waals surface area contributed by atoms with Gasteiger partial charge < -0.3 is 9.80 Å². The topological polar surface area (TPSA) is 40.6 Å². The van der Waals surface area contributed by atoms with E-state index in [2.05, 4.69) is 13.8 Å². The van der Waals surface area contributed by atoms with Crippen molar-refractivity contribution in [2.75, 3.05) is 26.2 Å². The van der Waals surface area contributed by atoms with Gasteiger partial charge in [0.05, 0.1) is 6.42 Å². The molecule has 0 atom stereocenters. The molecule has 4 nitrogen and oxygen atoms in total. The highest BCUT2D eigenvalue weighted by atomic mass is 16.2. The van der Waals surface area contributed by atoms with Gasteiger partial charge >= 0.3 is 0 Å². The molecular weight excluding hydrogens is 276 g/mol. The van der Waals surface area contributed by atoms with Gasteiger partial charge in [0.2, 0.25) is 11.8 Å². The fourth-order valence-corrected chi connectivity index (χ4v) is 2.78. The molecule has 1 aliphatic rings. The van der Waals surface area contributed by atoms with Crippen molar-refractivity contribution in [2.45, 2.75) is 33.1 Å². The Balaban J connectivity index is 1.87. The molecule has 1 heterocycles. The molecule has 0 spiro atoms. The average molecular weight is 302 g/mol. The van der Waals surface area contributed by atoms with Crippen molar-refractivity contribution in [3.05, 3.63) is 35.9 Å². The molecule has 2 amide bonds. The van der Waals surface area contributed by atoms with E-state index in [-0.39, 0.29) is 11.8 Å². The van der Waals surface area contributed by atoms with Crippen LogP contribution in [0, 0.1) is 5.92 Å². The molecule has 0 radical (unpaired) electrons. The zero-order chi connectivity index (χ0) is 15.9. The minimum atomic E-state index is 0.157. The lowest BCUT2D eigenvalue weighted by Crippen LogP contribution is -2.38. The molecule has 0 aromatic heterocycles. The van der Waals surface area contributed by atoms with Crippen LogP contribution in [0.4, 0.5) is 0 Å². The Morgan fingerprint density at radius 2 is 1.55 bits per heavy atom. The molecular formula is C18H26N2O2. The summed E-state index contributed by atoms with van der Waals surface area (Å²) < 4.78 is 0. The summed E-state index contributed by atoms with van der Waals surface area (Å²) in [5.41, 5.74) is 1.05. The lowest BCUT2D eigenvalue weighted by atomic mass is 10.1. The molecule has 2 rings (SSSR count). The van der Waals surface area contributed by atoms with E-state index in [1.165, 1.54) is 0 Å². The molecule has 0 bridgehead atoms. The number of carbonyl (C=O) groups is 2. The molecule has 1 fully saturated rings. The first kappa shape index (κ1) is 16.5. The number of hydrogen-bond acceptors (Lipinski definition) is 2. The molecule has 4 heteroatoms. The van der Waals surface area contributed by atoms with E-state index in [4.69, 9.17) is 0 Å². The van der Waals surface area contributed by atoms with Crippen LogP contribution >= 0.6 is 0 Å². The first-order valence-electron chi connectivity index (χ1n) is 8.15. The van der Waals surface area contributed by atoms with Crippen LogP contribution in [0.15, 0.2) is 30.3 Å². The zero-order valence-corrected chi connectivity index (χ0v) is 13.6. The number of amides is 2. The van der Waals surface area contributed by atoms with Gasteiger partial charge in [-0.3, -0.25) is 9.59 Å². The number of hydrogen-bond donors (Lipinski definition) is 0. The molecule has 22 heavy (non-hydrogen) atoms. The Bertz CT molecular complexity index is 499. The van der Waals surface area contributed by atoms with Crippen LogP contribution in [-0.4, -0.2) is 47.8 Å².